The van der Waals surface area contributed by atoms with Crippen LogP contribution in [0.15, 0.2) is 24.3 Å². The fourth-order valence-corrected chi connectivity index (χ4v) is 1.20. The molecule has 1 rings (SSSR count). The Labute approximate surface area is 95.8 Å². The van der Waals surface area contributed by atoms with Crippen LogP contribution < -0.4 is 10.1 Å². The molecular weight excluding hydrogens is 202 g/mol. The molecule has 0 atom stereocenters. The molecule has 0 aliphatic rings. The normalized spacial score (nSPS) is 8.88. The van der Waals surface area contributed by atoms with Gasteiger partial charge in [0.1, 0.15) is 5.75 Å². The highest BCUT2D eigenvalue weighted by molar-refractivity contribution is 5.90. The summed E-state index contributed by atoms with van der Waals surface area (Å²) in [6.45, 7) is 1.77. The number of amides is 1. The molecule has 0 spiro atoms. The van der Waals surface area contributed by atoms with Crippen molar-refractivity contribution in [1.29, 1.82) is 0 Å². The number of rotatable bonds is 4. The van der Waals surface area contributed by atoms with Crippen molar-refractivity contribution in [2.75, 3.05) is 12.4 Å². The van der Waals surface area contributed by atoms with Gasteiger partial charge in [-0.2, -0.15) is 0 Å². The fourth-order valence-electron chi connectivity index (χ4n) is 1.20. The average Bonchev–Trinajstić information content (AvgIpc) is 2.30. The molecule has 1 aromatic rings. The van der Waals surface area contributed by atoms with E-state index in [1.54, 1.807) is 14.0 Å². The summed E-state index contributed by atoms with van der Waals surface area (Å²) in [5.41, 5.74) is 0.773. The van der Waals surface area contributed by atoms with Gasteiger partial charge in [-0.1, -0.05) is 0 Å². The Hall–Kier alpha value is -1.95. The lowest BCUT2D eigenvalue weighted by atomic mass is 10.2. The maximum atomic E-state index is 11.4. The average molecular weight is 217 g/mol. The van der Waals surface area contributed by atoms with Crippen molar-refractivity contribution >= 4 is 11.6 Å². The summed E-state index contributed by atoms with van der Waals surface area (Å²) in [5.74, 6) is 6.36. The molecule has 1 N–H and O–H groups in total. The molecule has 0 saturated carbocycles. The van der Waals surface area contributed by atoms with Crippen LogP contribution in [-0.4, -0.2) is 13.0 Å². The zero-order valence-electron chi connectivity index (χ0n) is 9.54. The Kier molecular flexibility index (Phi) is 4.94. The Morgan fingerprint density at radius 3 is 2.62 bits per heavy atom. The Morgan fingerprint density at radius 1 is 1.38 bits per heavy atom. The zero-order valence-corrected chi connectivity index (χ0v) is 9.54. The van der Waals surface area contributed by atoms with Gasteiger partial charge in [-0.15, -0.1) is 11.8 Å². The van der Waals surface area contributed by atoms with Crippen LogP contribution in [0.3, 0.4) is 0 Å². The van der Waals surface area contributed by atoms with Crippen LogP contribution in [-0.2, 0) is 4.79 Å². The summed E-state index contributed by atoms with van der Waals surface area (Å²) in [6, 6.07) is 7.23. The number of hydrogen-bond acceptors (Lipinski definition) is 2. The predicted molar refractivity (Wildman–Crippen MR) is 64.3 cm³/mol. The summed E-state index contributed by atoms with van der Waals surface area (Å²) in [5, 5.41) is 2.79. The first-order chi connectivity index (χ1) is 7.76. The van der Waals surface area contributed by atoms with Gasteiger partial charge < -0.3 is 10.1 Å². The van der Waals surface area contributed by atoms with E-state index in [-0.39, 0.29) is 5.91 Å². The fraction of sp³-hybridized carbons (Fsp3) is 0.308. The highest BCUT2D eigenvalue weighted by atomic mass is 16.5. The maximum Gasteiger partial charge on any atom is 0.225 e. The van der Waals surface area contributed by atoms with Gasteiger partial charge in [-0.25, -0.2) is 0 Å². The Morgan fingerprint density at radius 2 is 2.06 bits per heavy atom. The molecule has 16 heavy (non-hydrogen) atoms. The van der Waals surface area contributed by atoms with E-state index in [4.69, 9.17) is 4.74 Å². The molecule has 1 aromatic carbocycles. The van der Waals surface area contributed by atoms with Gasteiger partial charge in [-0.05, 0) is 31.2 Å². The Balaban J connectivity index is 2.45. The zero-order chi connectivity index (χ0) is 11.8. The first-order valence-corrected chi connectivity index (χ1v) is 5.09. The minimum absolute atomic E-state index is 0.0204. The number of hydrogen-bond donors (Lipinski definition) is 1. The number of benzene rings is 1. The summed E-state index contributed by atoms with van der Waals surface area (Å²) < 4.78 is 5.02. The van der Waals surface area contributed by atoms with Crippen molar-refractivity contribution in [2.24, 2.45) is 0 Å². The molecule has 0 aliphatic heterocycles. The first kappa shape index (κ1) is 12.1. The van der Waals surface area contributed by atoms with Crippen LogP contribution in [0.4, 0.5) is 5.69 Å². The smallest absolute Gasteiger partial charge is 0.225 e. The van der Waals surface area contributed by atoms with E-state index >= 15 is 0 Å². The lowest BCUT2D eigenvalue weighted by Gasteiger charge is -2.04. The number of carbonyl (C=O) groups is 1. The molecule has 0 heterocycles. The lowest BCUT2D eigenvalue weighted by Crippen LogP contribution is -2.10. The van der Waals surface area contributed by atoms with Crippen molar-refractivity contribution in [1.82, 2.24) is 0 Å². The predicted octanol–water partition coefficient (Wildman–Crippen LogP) is 2.44. The van der Waals surface area contributed by atoms with Gasteiger partial charge in [-0.3, -0.25) is 4.79 Å². The molecular formula is C13H15NO2. The number of carbonyl (C=O) groups excluding carboxylic acids is 1. The van der Waals surface area contributed by atoms with Crippen LogP contribution in [0.1, 0.15) is 19.8 Å². The van der Waals surface area contributed by atoms with Crippen LogP contribution in [0.5, 0.6) is 5.75 Å². The molecule has 0 aliphatic carbocycles. The van der Waals surface area contributed by atoms with E-state index in [0.717, 1.165) is 11.4 Å². The topological polar surface area (TPSA) is 38.3 Å². The van der Waals surface area contributed by atoms with Crippen molar-refractivity contribution in [3.05, 3.63) is 24.3 Å². The third-order valence-electron chi connectivity index (χ3n) is 2.03. The quantitative estimate of drug-likeness (QED) is 0.787. The minimum atomic E-state index is -0.0204. The van der Waals surface area contributed by atoms with E-state index in [2.05, 4.69) is 17.2 Å². The van der Waals surface area contributed by atoms with E-state index < -0.39 is 0 Å². The first-order valence-electron chi connectivity index (χ1n) is 5.09. The van der Waals surface area contributed by atoms with Crippen molar-refractivity contribution in [3.8, 4) is 17.6 Å². The van der Waals surface area contributed by atoms with Gasteiger partial charge in [0, 0.05) is 18.5 Å². The van der Waals surface area contributed by atoms with Crippen molar-refractivity contribution in [3.63, 3.8) is 0 Å². The largest absolute Gasteiger partial charge is 0.497 e. The highest BCUT2D eigenvalue weighted by Gasteiger charge is 2.00. The molecule has 0 unspecified atom stereocenters. The number of anilines is 1. The van der Waals surface area contributed by atoms with Crippen LogP contribution in [0.2, 0.25) is 0 Å². The molecule has 0 fully saturated rings. The van der Waals surface area contributed by atoms with Crippen LogP contribution in [0.25, 0.3) is 0 Å². The molecule has 0 saturated heterocycles. The van der Waals surface area contributed by atoms with Crippen molar-refractivity contribution in [2.45, 2.75) is 19.8 Å². The van der Waals surface area contributed by atoms with E-state index in [9.17, 15) is 4.79 Å². The molecule has 0 radical (unpaired) electrons. The number of methoxy groups -OCH3 is 1. The van der Waals surface area contributed by atoms with E-state index in [1.807, 2.05) is 24.3 Å². The second-order valence-electron chi connectivity index (χ2n) is 3.20. The van der Waals surface area contributed by atoms with Crippen molar-refractivity contribution < 1.29 is 9.53 Å². The highest BCUT2D eigenvalue weighted by Crippen LogP contribution is 2.15. The standard InChI is InChI=1S/C13H15NO2/c1-3-4-5-6-13(15)14-11-7-9-12(16-2)10-8-11/h7-10H,5-6H2,1-2H3,(H,14,15). The summed E-state index contributed by atoms with van der Waals surface area (Å²) in [6.07, 6.45) is 1.02. The second kappa shape index (κ2) is 6.52. The molecule has 0 aromatic heterocycles. The SMILES string of the molecule is CC#CCCC(=O)Nc1ccc(OC)cc1. The molecule has 3 heteroatoms. The van der Waals surface area contributed by atoms with Gasteiger partial charge in [0.15, 0.2) is 0 Å². The minimum Gasteiger partial charge on any atom is -0.497 e. The van der Waals surface area contributed by atoms with E-state index in [1.165, 1.54) is 0 Å². The second-order valence-corrected chi connectivity index (χ2v) is 3.20. The number of nitrogens with one attached hydrogen (secondary N) is 1. The van der Waals surface area contributed by atoms with Gasteiger partial charge in [0.25, 0.3) is 0 Å². The number of ether oxygens (including phenoxy) is 1. The molecule has 0 bridgehead atoms. The third kappa shape index (κ3) is 4.05. The van der Waals surface area contributed by atoms with Crippen LogP contribution >= 0.6 is 0 Å². The van der Waals surface area contributed by atoms with Crippen LogP contribution in [0, 0.1) is 11.8 Å². The summed E-state index contributed by atoms with van der Waals surface area (Å²) in [4.78, 5) is 11.4. The molecule has 3 nitrogen and oxygen atoms in total. The van der Waals surface area contributed by atoms with E-state index in [0.29, 0.717) is 12.8 Å². The Bertz CT molecular complexity index is 398. The van der Waals surface area contributed by atoms with Gasteiger partial charge >= 0.3 is 0 Å². The van der Waals surface area contributed by atoms with Gasteiger partial charge in [0.2, 0.25) is 5.91 Å². The summed E-state index contributed by atoms with van der Waals surface area (Å²) in [7, 11) is 1.61. The summed E-state index contributed by atoms with van der Waals surface area (Å²) >= 11 is 0. The molecule has 84 valence electrons. The maximum absolute atomic E-state index is 11.4. The monoisotopic (exact) mass is 217 g/mol. The lowest BCUT2D eigenvalue weighted by molar-refractivity contribution is -0.116. The third-order valence-corrected chi connectivity index (χ3v) is 2.03. The van der Waals surface area contributed by atoms with Gasteiger partial charge in [0.05, 0.1) is 7.11 Å². The molecule has 1 amide bonds.